The lowest BCUT2D eigenvalue weighted by Crippen LogP contribution is -2.40. The lowest BCUT2D eigenvalue weighted by atomic mass is 10.0. The fourth-order valence-corrected chi connectivity index (χ4v) is 3.08. The van der Waals surface area contributed by atoms with Crippen molar-refractivity contribution in [1.29, 1.82) is 5.26 Å². The molecular weight excluding hydrogens is 393 g/mol. The van der Waals surface area contributed by atoms with E-state index in [4.69, 9.17) is 37.9 Å². The molecule has 1 aliphatic heterocycles. The standard InChI is InChI=1S/C18H15Cl2N3O4/c19-13-5-4-11(8-14(13)20)17-15(10-23(18(24)25)6-7-26-17)27-16-3-1-2-12(9-21)22-16/h1-5,8,15,17H,6-7,10H2,(H,24,25). The molecule has 2 atom stereocenters. The van der Waals surface area contributed by atoms with Crippen LogP contribution >= 0.6 is 23.2 Å². The molecule has 0 radical (unpaired) electrons. The summed E-state index contributed by atoms with van der Waals surface area (Å²) in [5.74, 6) is 0.208. The van der Waals surface area contributed by atoms with Crippen molar-refractivity contribution in [3.8, 4) is 11.9 Å². The summed E-state index contributed by atoms with van der Waals surface area (Å²) in [5, 5.41) is 19.2. The minimum Gasteiger partial charge on any atom is -0.469 e. The number of hydrogen-bond donors (Lipinski definition) is 1. The Morgan fingerprint density at radius 1 is 1.33 bits per heavy atom. The molecule has 1 saturated heterocycles. The average molecular weight is 408 g/mol. The summed E-state index contributed by atoms with van der Waals surface area (Å²) in [6.07, 6.45) is -2.35. The third kappa shape index (κ3) is 4.61. The molecule has 0 bridgehead atoms. The number of nitriles is 1. The monoisotopic (exact) mass is 407 g/mol. The number of hydrogen-bond acceptors (Lipinski definition) is 5. The van der Waals surface area contributed by atoms with Gasteiger partial charge in [0.05, 0.1) is 23.2 Å². The molecule has 2 heterocycles. The van der Waals surface area contributed by atoms with Gasteiger partial charge in [0, 0.05) is 12.6 Å². The highest BCUT2D eigenvalue weighted by molar-refractivity contribution is 6.42. The van der Waals surface area contributed by atoms with Gasteiger partial charge in [-0.25, -0.2) is 9.78 Å². The summed E-state index contributed by atoms with van der Waals surface area (Å²) in [7, 11) is 0. The molecule has 1 aromatic carbocycles. The van der Waals surface area contributed by atoms with Gasteiger partial charge in [0.1, 0.15) is 24.0 Å². The van der Waals surface area contributed by atoms with Crippen LogP contribution in [-0.4, -0.2) is 46.9 Å². The third-order valence-corrected chi connectivity index (χ3v) is 4.79. The first kappa shape index (κ1) is 19.2. The van der Waals surface area contributed by atoms with Gasteiger partial charge in [-0.15, -0.1) is 0 Å². The number of amides is 1. The molecule has 27 heavy (non-hydrogen) atoms. The molecule has 1 amide bonds. The van der Waals surface area contributed by atoms with Gasteiger partial charge in [-0.3, -0.25) is 0 Å². The van der Waals surface area contributed by atoms with Crippen molar-refractivity contribution in [2.45, 2.75) is 12.2 Å². The number of aromatic nitrogens is 1. The Kier molecular flexibility index (Phi) is 6.01. The Morgan fingerprint density at radius 2 is 2.15 bits per heavy atom. The molecule has 1 aliphatic rings. The van der Waals surface area contributed by atoms with Crippen LogP contribution in [0, 0.1) is 11.3 Å². The van der Waals surface area contributed by atoms with Gasteiger partial charge in [-0.2, -0.15) is 5.26 Å². The number of pyridine rings is 1. The molecule has 140 valence electrons. The van der Waals surface area contributed by atoms with Crippen LogP contribution in [0.1, 0.15) is 17.4 Å². The van der Waals surface area contributed by atoms with E-state index in [0.29, 0.717) is 15.6 Å². The van der Waals surface area contributed by atoms with E-state index in [-0.39, 0.29) is 31.3 Å². The van der Waals surface area contributed by atoms with Crippen LogP contribution in [0.5, 0.6) is 5.88 Å². The number of carbonyl (C=O) groups is 1. The predicted octanol–water partition coefficient (Wildman–Crippen LogP) is 3.76. The van der Waals surface area contributed by atoms with E-state index in [0.717, 1.165) is 0 Å². The summed E-state index contributed by atoms with van der Waals surface area (Å²) in [5.41, 5.74) is 0.904. The van der Waals surface area contributed by atoms with Crippen LogP contribution in [0.4, 0.5) is 4.79 Å². The average Bonchev–Trinajstić information content (AvgIpc) is 2.87. The van der Waals surface area contributed by atoms with Crippen LogP contribution in [0.2, 0.25) is 10.0 Å². The molecule has 2 unspecified atom stereocenters. The number of carboxylic acid groups (broad SMARTS) is 1. The first-order valence-electron chi connectivity index (χ1n) is 8.06. The van der Waals surface area contributed by atoms with Gasteiger partial charge in [0.25, 0.3) is 0 Å². The fourth-order valence-electron chi connectivity index (χ4n) is 2.77. The van der Waals surface area contributed by atoms with Crippen molar-refractivity contribution in [2.75, 3.05) is 19.7 Å². The summed E-state index contributed by atoms with van der Waals surface area (Å²) in [6.45, 7) is 0.472. The van der Waals surface area contributed by atoms with Crippen LogP contribution in [-0.2, 0) is 4.74 Å². The molecule has 0 saturated carbocycles. The van der Waals surface area contributed by atoms with Crippen molar-refractivity contribution >= 4 is 29.3 Å². The highest BCUT2D eigenvalue weighted by atomic mass is 35.5. The minimum absolute atomic E-state index is 0.0682. The van der Waals surface area contributed by atoms with Crippen molar-refractivity contribution in [2.24, 2.45) is 0 Å². The van der Waals surface area contributed by atoms with Crippen molar-refractivity contribution in [3.63, 3.8) is 0 Å². The van der Waals surface area contributed by atoms with Crippen LogP contribution in [0.15, 0.2) is 36.4 Å². The highest BCUT2D eigenvalue weighted by Crippen LogP contribution is 2.32. The zero-order valence-electron chi connectivity index (χ0n) is 14.0. The summed E-state index contributed by atoms with van der Waals surface area (Å²) in [6, 6.07) is 11.8. The first-order chi connectivity index (χ1) is 13.0. The van der Waals surface area contributed by atoms with Gasteiger partial charge in [0.15, 0.2) is 0 Å². The highest BCUT2D eigenvalue weighted by Gasteiger charge is 2.33. The molecule has 0 spiro atoms. The van der Waals surface area contributed by atoms with Crippen LogP contribution < -0.4 is 4.74 Å². The SMILES string of the molecule is N#Cc1cccc(OC2CN(C(=O)O)CCOC2c2ccc(Cl)c(Cl)c2)n1. The summed E-state index contributed by atoms with van der Waals surface area (Å²) >= 11 is 12.1. The van der Waals surface area contributed by atoms with Gasteiger partial charge in [0.2, 0.25) is 5.88 Å². The number of halogens is 2. The number of nitrogens with zero attached hydrogens (tertiary/aromatic N) is 3. The molecule has 3 rings (SSSR count). The second-order valence-corrected chi connectivity index (χ2v) is 6.64. The Bertz CT molecular complexity index is 887. The van der Waals surface area contributed by atoms with E-state index >= 15 is 0 Å². The Hall–Kier alpha value is -2.53. The number of rotatable bonds is 3. The Morgan fingerprint density at radius 3 is 2.85 bits per heavy atom. The molecule has 7 nitrogen and oxygen atoms in total. The lowest BCUT2D eigenvalue weighted by Gasteiger charge is -2.27. The van der Waals surface area contributed by atoms with Gasteiger partial charge in [-0.05, 0) is 23.8 Å². The second kappa shape index (κ2) is 8.44. The van der Waals surface area contributed by atoms with Crippen LogP contribution in [0.25, 0.3) is 0 Å². The maximum absolute atomic E-state index is 11.5. The maximum Gasteiger partial charge on any atom is 0.407 e. The molecule has 1 fully saturated rings. The van der Waals surface area contributed by atoms with E-state index in [2.05, 4.69) is 4.98 Å². The summed E-state index contributed by atoms with van der Waals surface area (Å²) < 4.78 is 11.8. The van der Waals surface area contributed by atoms with E-state index in [9.17, 15) is 9.90 Å². The molecule has 1 N–H and O–H groups in total. The normalized spacial score (nSPS) is 19.8. The first-order valence-corrected chi connectivity index (χ1v) is 8.82. The van der Waals surface area contributed by atoms with E-state index < -0.39 is 18.3 Å². The predicted molar refractivity (Wildman–Crippen MR) is 98.1 cm³/mol. The molecule has 1 aromatic heterocycles. The smallest absolute Gasteiger partial charge is 0.407 e. The van der Waals surface area contributed by atoms with Crippen LogP contribution in [0.3, 0.4) is 0 Å². The molecule has 2 aromatic rings. The third-order valence-electron chi connectivity index (χ3n) is 4.05. The lowest BCUT2D eigenvalue weighted by molar-refractivity contribution is -0.0109. The Labute approximate surface area is 165 Å². The number of ether oxygens (including phenoxy) is 2. The number of benzene rings is 1. The van der Waals surface area contributed by atoms with Gasteiger partial charge >= 0.3 is 6.09 Å². The van der Waals surface area contributed by atoms with Gasteiger partial charge < -0.3 is 19.5 Å². The van der Waals surface area contributed by atoms with Crippen molar-refractivity contribution < 1.29 is 19.4 Å². The topological polar surface area (TPSA) is 95.7 Å². The fraction of sp³-hybridized carbons (Fsp3) is 0.278. The zero-order valence-corrected chi connectivity index (χ0v) is 15.5. The molecular formula is C18H15Cl2N3O4. The summed E-state index contributed by atoms with van der Waals surface area (Å²) in [4.78, 5) is 16.8. The van der Waals surface area contributed by atoms with E-state index in [1.807, 2.05) is 6.07 Å². The Balaban J connectivity index is 1.93. The van der Waals surface area contributed by atoms with Crippen molar-refractivity contribution in [1.82, 2.24) is 9.88 Å². The minimum atomic E-state index is -1.07. The second-order valence-electron chi connectivity index (χ2n) is 5.82. The molecule has 0 aliphatic carbocycles. The van der Waals surface area contributed by atoms with Crippen molar-refractivity contribution in [3.05, 3.63) is 57.7 Å². The zero-order chi connectivity index (χ0) is 19.4. The van der Waals surface area contributed by atoms with E-state index in [1.165, 1.54) is 4.90 Å². The van der Waals surface area contributed by atoms with E-state index in [1.54, 1.807) is 36.4 Å². The van der Waals surface area contributed by atoms with Gasteiger partial charge in [-0.1, -0.05) is 35.3 Å². The maximum atomic E-state index is 11.5. The largest absolute Gasteiger partial charge is 0.469 e. The molecule has 9 heteroatoms. The quantitative estimate of drug-likeness (QED) is 0.831.